The topological polar surface area (TPSA) is 102 Å². The van der Waals surface area contributed by atoms with Gasteiger partial charge >= 0.3 is 5.97 Å². The number of anilines is 1. The molecule has 1 aromatic rings. The molecule has 6 heteroatoms. The molecule has 1 unspecified atom stereocenters. The van der Waals surface area contributed by atoms with Gasteiger partial charge in [-0.05, 0) is 31.2 Å². The van der Waals surface area contributed by atoms with Crippen molar-refractivity contribution in [2.45, 2.75) is 13.3 Å². The highest BCUT2D eigenvalue weighted by Crippen LogP contribution is 2.22. The maximum absolute atomic E-state index is 11.8. The molecule has 0 aromatic heterocycles. The van der Waals surface area contributed by atoms with Crippen molar-refractivity contribution in [3.05, 3.63) is 23.8 Å². The first-order valence-electron chi connectivity index (χ1n) is 5.91. The van der Waals surface area contributed by atoms with Crippen molar-refractivity contribution in [2.24, 2.45) is 11.7 Å². The third kappa shape index (κ3) is 3.96. The van der Waals surface area contributed by atoms with Gasteiger partial charge in [-0.25, -0.2) is 4.79 Å². The van der Waals surface area contributed by atoms with Gasteiger partial charge in [-0.15, -0.1) is 0 Å². The molecular weight excluding hydrogens is 248 g/mol. The third-order valence-electron chi connectivity index (χ3n) is 2.76. The molecule has 19 heavy (non-hydrogen) atoms. The number of aromatic carboxylic acids is 1. The molecule has 0 bridgehead atoms. The number of hydrogen-bond donors (Lipinski definition) is 3. The van der Waals surface area contributed by atoms with Crippen LogP contribution in [0.5, 0.6) is 5.75 Å². The summed E-state index contributed by atoms with van der Waals surface area (Å²) in [5.74, 6) is -1.22. The molecule has 6 nitrogen and oxygen atoms in total. The molecule has 104 valence electrons. The summed E-state index contributed by atoms with van der Waals surface area (Å²) in [6.45, 7) is 2.15. The number of amides is 1. The van der Waals surface area contributed by atoms with E-state index in [2.05, 4.69) is 5.32 Å². The van der Waals surface area contributed by atoms with Gasteiger partial charge in [0.25, 0.3) is 0 Å². The van der Waals surface area contributed by atoms with Crippen LogP contribution in [0.4, 0.5) is 5.69 Å². The Morgan fingerprint density at radius 2 is 2.16 bits per heavy atom. The van der Waals surface area contributed by atoms with Gasteiger partial charge in [-0.3, -0.25) is 4.79 Å². The third-order valence-corrected chi connectivity index (χ3v) is 2.76. The molecule has 1 rings (SSSR count). The number of ether oxygens (including phenoxy) is 1. The van der Waals surface area contributed by atoms with E-state index in [1.54, 1.807) is 13.0 Å². The maximum Gasteiger partial charge on any atom is 0.337 e. The van der Waals surface area contributed by atoms with Crippen LogP contribution in [-0.2, 0) is 4.79 Å². The van der Waals surface area contributed by atoms with Crippen LogP contribution < -0.4 is 15.8 Å². The molecule has 1 aromatic carbocycles. The number of carboxylic acids is 1. The highest BCUT2D eigenvalue weighted by Gasteiger charge is 2.17. The van der Waals surface area contributed by atoms with Crippen LogP contribution in [0.2, 0.25) is 0 Å². The van der Waals surface area contributed by atoms with E-state index >= 15 is 0 Å². The van der Waals surface area contributed by atoms with Crippen LogP contribution in [0.1, 0.15) is 23.7 Å². The van der Waals surface area contributed by atoms with E-state index in [-0.39, 0.29) is 23.1 Å². The lowest BCUT2D eigenvalue weighted by Crippen LogP contribution is -2.23. The van der Waals surface area contributed by atoms with Gasteiger partial charge in [0.15, 0.2) is 0 Å². The molecule has 1 atom stereocenters. The normalized spacial score (nSPS) is 11.7. The highest BCUT2D eigenvalue weighted by atomic mass is 16.5. The number of carbonyl (C=O) groups is 2. The van der Waals surface area contributed by atoms with Crippen LogP contribution >= 0.6 is 0 Å². The molecule has 0 fully saturated rings. The van der Waals surface area contributed by atoms with Crippen molar-refractivity contribution < 1.29 is 19.4 Å². The maximum atomic E-state index is 11.8. The van der Waals surface area contributed by atoms with Crippen molar-refractivity contribution in [3.8, 4) is 5.75 Å². The molecular formula is C13H18N2O4. The number of nitrogens with one attached hydrogen (secondary N) is 1. The van der Waals surface area contributed by atoms with Gasteiger partial charge in [-0.1, -0.05) is 6.92 Å². The van der Waals surface area contributed by atoms with Crippen LogP contribution in [0.15, 0.2) is 18.2 Å². The van der Waals surface area contributed by atoms with Crippen LogP contribution in [-0.4, -0.2) is 30.6 Å². The Balaban J connectivity index is 2.94. The number of rotatable bonds is 6. The van der Waals surface area contributed by atoms with E-state index < -0.39 is 5.97 Å². The van der Waals surface area contributed by atoms with Gasteiger partial charge in [-0.2, -0.15) is 0 Å². The summed E-state index contributed by atoms with van der Waals surface area (Å²) >= 11 is 0. The Hall–Kier alpha value is -2.08. The number of carbonyl (C=O) groups excluding carboxylic acids is 1. The lowest BCUT2D eigenvalue weighted by molar-refractivity contribution is -0.119. The molecule has 0 saturated carbocycles. The van der Waals surface area contributed by atoms with E-state index in [4.69, 9.17) is 15.6 Å². The Kier molecular flexibility index (Phi) is 5.32. The quantitative estimate of drug-likeness (QED) is 0.720. The molecule has 0 aliphatic rings. The standard InChI is InChI=1S/C13H18N2O4/c1-8(5-6-14)12(16)15-11-4-3-9(19-2)7-10(11)13(17)18/h3-4,7-8H,5-6,14H2,1-2H3,(H,15,16)(H,17,18). The Morgan fingerprint density at radius 3 is 2.68 bits per heavy atom. The van der Waals surface area contributed by atoms with Crippen LogP contribution in [0, 0.1) is 5.92 Å². The Labute approximate surface area is 111 Å². The predicted molar refractivity (Wildman–Crippen MR) is 71.4 cm³/mol. The first-order valence-corrected chi connectivity index (χ1v) is 5.91. The minimum atomic E-state index is -1.12. The summed E-state index contributed by atoms with van der Waals surface area (Å²) in [4.78, 5) is 23.0. The number of carboxylic acid groups (broad SMARTS) is 1. The zero-order valence-corrected chi connectivity index (χ0v) is 11.0. The van der Waals surface area contributed by atoms with Gasteiger partial charge < -0.3 is 20.9 Å². The lowest BCUT2D eigenvalue weighted by atomic mass is 10.1. The molecule has 0 saturated heterocycles. The fraction of sp³-hybridized carbons (Fsp3) is 0.385. The summed E-state index contributed by atoms with van der Waals surface area (Å²) in [7, 11) is 1.45. The summed E-state index contributed by atoms with van der Waals surface area (Å²) in [5, 5.41) is 11.7. The summed E-state index contributed by atoms with van der Waals surface area (Å²) < 4.78 is 4.96. The monoisotopic (exact) mass is 266 g/mol. The summed E-state index contributed by atoms with van der Waals surface area (Å²) in [6, 6.07) is 4.47. The number of benzene rings is 1. The predicted octanol–water partition coefficient (Wildman–Crippen LogP) is 1.32. The average Bonchev–Trinajstić information content (AvgIpc) is 2.39. The molecule has 0 spiro atoms. The van der Waals surface area contributed by atoms with Crippen LogP contribution in [0.3, 0.4) is 0 Å². The average molecular weight is 266 g/mol. The molecule has 0 radical (unpaired) electrons. The minimum Gasteiger partial charge on any atom is -0.497 e. The second-order valence-corrected chi connectivity index (χ2v) is 4.18. The number of methoxy groups -OCH3 is 1. The fourth-order valence-corrected chi connectivity index (χ4v) is 1.57. The summed E-state index contributed by atoms with van der Waals surface area (Å²) in [5.41, 5.74) is 5.63. The highest BCUT2D eigenvalue weighted by molar-refractivity contribution is 6.01. The zero-order valence-electron chi connectivity index (χ0n) is 11.0. The minimum absolute atomic E-state index is 0.00681. The Morgan fingerprint density at radius 1 is 1.47 bits per heavy atom. The van der Waals surface area contributed by atoms with Gasteiger partial charge in [0.1, 0.15) is 5.75 Å². The van der Waals surface area contributed by atoms with E-state index in [0.717, 1.165) is 0 Å². The molecule has 0 aliphatic carbocycles. The fourth-order valence-electron chi connectivity index (χ4n) is 1.57. The second kappa shape index (κ2) is 6.75. The SMILES string of the molecule is COc1ccc(NC(=O)C(C)CCN)c(C(=O)O)c1. The van der Waals surface area contributed by atoms with E-state index in [1.807, 2.05) is 0 Å². The van der Waals surface area contributed by atoms with Gasteiger partial charge in [0, 0.05) is 5.92 Å². The number of nitrogens with two attached hydrogens (primary N) is 1. The van der Waals surface area contributed by atoms with Gasteiger partial charge in [0.2, 0.25) is 5.91 Å². The smallest absolute Gasteiger partial charge is 0.337 e. The van der Waals surface area contributed by atoms with Crippen molar-refractivity contribution in [2.75, 3.05) is 19.0 Å². The molecule has 0 aliphatic heterocycles. The Bertz CT molecular complexity index is 474. The first kappa shape index (κ1) is 15.0. The van der Waals surface area contributed by atoms with Crippen molar-refractivity contribution >= 4 is 17.6 Å². The second-order valence-electron chi connectivity index (χ2n) is 4.18. The number of hydrogen-bond acceptors (Lipinski definition) is 4. The van der Waals surface area contributed by atoms with E-state index in [1.165, 1.54) is 19.2 Å². The van der Waals surface area contributed by atoms with E-state index in [9.17, 15) is 9.59 Å². The largest absolute Gasteiger partial charge is 0.497 e. The summed E-state index contributed by atoms with van der Waals surface area (Å²) in [6.07, 6.45) is 0.546. The van der Waals surface area contributed by atoms with Crippen LogP contribution in [0.25, 0.3) is 0 Å². The lowest BCUT2D eigenvalue weighted by Gasteiger charge is -2.13. The zero-order chi connectivity index (χ0) is 14.4. The molecule has 4 N–H and O–H groups in total. The molecule has 0 heterocycles. The first-order chi connectivity index (χ1) is 8.99. The molecule has 1 amide bonds. The van der Waals surface area contributed by atoms with Crippen molar-refractivity contribution in [1.29, 1.82) is 0 Å². The van der Waals surface area contributed by atoms with Gasteiger partial charge in [0.05, 0.1) is 18.4 Å². The van der Waals surface area contributed by atoms with Crippen molar-refractivity contribution in [1.82, 2.24) is 0 Å². The van der Waals surface area contributed by atoms with Crippen molar-refractivity contribution in [3.63, 3.8) is 0 Å². The van der Waals surface area contributed by atoms with E-state index in [0.29, 0.717) is 18.7 Å².